The Balaban J connectivity index is 2.35. The molecule has 0 saturated carbocycles. The molecule has 4 heteroatoms. The minimum atomic E-state index is 0.660. The van der Waals surface area contributed by atoms with Crippen LogP contribution < -0.4 is 0 Å². The lowest BCUT2D eigenvalue weighted by Crippen LogP contribution is -2.05. The molecule has 0 aliphatic heterocycles. The van der Waals surface area contributed by atoms with E-state index in [-0.39, 0.29) is 0 Å². The van der Waals surface area contributed by atoms with Crippen LogP contribution >= 0.6 is 0 Å². The van der Waals surface area contributed by atoms with Gasteiger partial charge in [0.05, 0.1) is 18.7 Å². The first-order chi connectivity index (χ1) is 6.42. The number of nitrogens with zero attached hydrogens (tertiary/aromatic N) is 3. The van der Waals surface area contributed by atoms with Gasteiger partial charge in [0, 0.05) is 7.11 Å². The Morgan fingerprint density at radius 2 is 2.23 bits per heavy atom. The smallest absolute Gasteiger partial charge is 0.113 e. The number of hydrogen-bond donors (Lipinski definition) is 0. The molecule has 1 heterocycles. The normalized spacial score (nSPS) is 10.8. The molecule has 2 rings (SSSR count). The second-order valence-corrected chi connectivity index (χ2v) is 2.79. The zero-order chi connectivity index (χ0) is 9.10. The maximum absolute atomic E-state index is 4.98. The van der Waals surface area contributed by atoms with Crippen LogP contribution in [0.5, 0.6) is 0 Å². The monoisotopic (exact) mass is 177 g/mol. The summed E-state index contributed by atoms with van der Waals surface area (Å²) in [4.78, 5) is 0. The Bertz CT molecular complexity index is 396. The lowest BCUT2D eigenvalue weighted by Gasteiger charge is -1.99. The Hall–Kier alpha value is -1.42. The highest BCUT2D eigenvalue weighted by Crippen LogP contribution is 2.08. The predicted molar refractivity (Wildman–Crippen MR) is 49.4 cm³/mol. The Kier molecular flexibility index (Phi) is 2.23. The van der Waals surface area contributed by atoms with E-state index < -0.39 is 0 Å². The van der Waals surface area contributed by atoms with Gasteiger partial charge < -0.3 is 4.74 Å². The van der Waals surface area contributed by atoms with Crippen molar-refractivity contribution in [2.75, 3.05) is 13.7 Å². The Morgan fingerprint density at radius 1 is 1.38 bits per heavy atom. The van der Waals surface area contributed by atoms with Gasteiger partial charge in [-0.3, -0.25) is 0 Å². The van der Waals surface area contributed by atoms with Gasteiger partial charge in [0.25, 0.3) is 0 Å². The molecule has 1 aromatic carbocycles. The maximum atomic E-state index is 4.98. The molecule has 1 aromatic heterocycles. The third kappa shape index (κ3) is 1.53. The van der Waals surface area contributed by atoms with Crippen LogP contribution in [0.2, 0.25) is 0 Å². The van der Waals surface area contributed by atoms with Crippen molar-refractivity contribution < 1.29 is 4.74 Å². The van der Waals surface area contributed by atoms with Gasteiger partial charge in [0.2, 0.25) is 0 Å². The van der Waals surface area contributed by atoms with Crippen LogP contribution in [0.1, 0.15) is 0 Å². The van der Waals surface area contributed by atoms with E-state index in [9.17, 15) is 0 Å². The molecule has 0 aliphatic carbocycles. The summed E-state index contributed by atoms with van der Waals surface area (Å²) >= 11 is 0. The van der Waals surface area contributed by atoms with Crippen LogP contribution in [0.15, 0.2) is 24.3 Å². The fourth-order valence-electron chi connectivity index (χ4n) is 1.26. The molecule has 0 saturated heterocycles. The van der Waals surface area contributed by atoms with Crippen molar-refractivity contribution in [3.8, 4) is 0 Å². The van der Waals surface area contributed by atoms with E-state index >= 15 is 0 Å². The summed E-state index contributed by atoms with van der Waals surface area (Å²) in [6.07, 6.45) is 0. The number of para-hydroxylation sites is 1. The van der Waals surface area contributed by atoms with Crippen LogP contribution in [0, 0.1) is 0 Å². The predicted octanol–water partition coefficient (Wildman–Crippen LogP) is 1.08. The fourth-order valence-corrected chi connectivity index (χ4v) is 1.26. The molecule has 0 amide bonds. The Labute approximate surface area is 76.1 Å². The quantitative estimate of drug-likeness (QED) is 0.704. The van der Waals surface area contributed by atoms with E-state index in [0.717, 1.165) is 17.6 Å². The van der Waals surface area contributed by atoms with Gasteiger partial charge >= 0.3 is 0 Å². The van der Waals surface area contributed by atoms with E-state index in [1.54, 1.807) is 7.11 Å². The zero-order valence-corrected chi connectivity index (χ0v) is 7.47. The van der Waals surface area contributed by atoms with Crippen LogP contribution in [0.4, 0.5) is 0 Å². The number of methoxy groups -OCH3 is 1. The number of hydrogen-bond acceptors (Lipinski definition) is 3. The van der Waals surface area contributed by atoms with Gasteiger partial charge in [-0.05, 0) is 12.1 Å². The molecule has 0 atom stereocenters. The van der Waals surface area contributed by atoms with Crippen LogP contribution in [0.25, 0.3) is 11.0 Å². The molecule has 68 valence electrons. The summed E-state index contributed by atoms with van der Waals surface area (Å²) in [5.74, 6) is 0. The van der Waals surface area contributed by atoms with Gasteiger partial charge in [0.1, 0.15) is 5.52 Å². The summed E-state index contributed by atoms with van der Waals surface area (Å²) in [5.41, 5.74) is 1.98. The van der Waals surface area contributed by atoms with Crippen molar-refractivity contribution in [3.63, 3.8) is 0 Å². The SMILES string of the molecule is COCCn1nnc2ccccc21. The maximum Gasteiger partial charge on any atom is 0.113 e. The zero-order valence-electron chi connectivity index (χ0n) is 7.47. The Morgan fingerprint density at radius 3 is 3.08 bits per heavy atom. The number of benzene rings is 1. The summed E-state index contributed by atoms with van der Waals surface area (Å²) in [5, 5.41) is 8.05. The van der Waals surface area contributed by atoms with Crippen LogP contribution in [-0.2, 0) is 11.3 Å². The molecular weight excluding hydrogens is 166 g/mol. The highest BCUT2D eigenvalue weighted by molar-refractivity contribution is 5.73. The molecule has 0 radical (unpaired) electrons. The molecule has 0 unspecified atom stereocenters. The lowest BCUT2D eigenvalue weighted by molar-refractivity contribution is 0.184. The largest absolute Gasteiger partial charge is 0.383 e. The molecule has 4 nitrogen and oxygen atoms in total. The first-order valence-electron chi connectivity index (χ1n) is 4.19. The van der Waals surface area contributed by atoms with E-state index in [1.165, 1.54) is 0 Å². The topological polar surface area (TPSA) is 39.9 Å². The molecule has 0 N–H and O–H groups in total. The van der Waals surface area contributed by atoms with E-state index in [1.807, 2.05) is 28.9 Å². The third-order valence-corrected chi connectivity index (χ3v) is 1.93. The van der Waals surface area contributed by atoms with Gasteiger partial charge in [-0.2, -0.15) is 0 Å². The summed E-state index contributed by atoms with van der Waals surface area (Å²) < 4.78 is 6.82. The van der Waals surface area contributed by atoms with Crippen molar-refractivity contribution in [1.29, 1.82) is 0 Å². The second kappa shape index (κ2) is 3.53. The van der Waals surface area contributed by atoms with Gasteiger partial charge in [-0.25, -0.2) is 4.68 Å². The summed E-state index contributed by atoms with van der Waals surface area (Å²) in [7, 11) is 1.68. The highest BCUT2D eigenvalue weighted by Gasteiger charge is 2.01. The van der Waals surface area contributed by atoms with E-state index in [2.05, 4.69) is 10.3 Å². The summed E-state index contributed by atoms with van der Waals surface area (Å²) in [6, 6.07) is 7.89. The van der Waals surface area contributed by atoms with Gasteiger partial charge in [-0.1, -0.05) is 17.3 Å². The van der Waals surface area contributed by atoms with E-state index in [4.69, 9.17) is 4.74 Å². The molecular formula is C9H11N3O. The standard InChI is InChI=1S/C9H11N3O/c1-13-7-6-12-9-5-3-2-4-8(9)10-11-12/h2-5H,6-7H2,1H3. The minimum absolute atomic E-state index is 0.660. The van der Waals surface area contributed by atoms with Gasteiger partial charge in [-0.15, -0.1) is 5.10 Å². The first kappa shape index (κ1) is 8.19. The third-order valence-electron chi connectivity index (χ3n) is 1.93. The molecule has 0 bridgehead atoms. The average Bonchev–Trinajstić information content (AvgIpc) is 2.58. The first-order valence-corrected chi connectivity index (χ1v) is 4.19. The lowest BCUT2D eigenvalue weighted by atomic mass is 10.3. The minimum Gasteiger partial charge on any atom is -0.383 e. The van der Waals surface area contributed by atoms with Crippen molar-refractivity contribution in [2.45, 2.75) is 6.54 Å². The molecule has 0 aliphatic rings. The number of ether oxygens (including phenoxy) is 1. The van der Waals surface area contributed by atoms with Crippen LogP contribution in [0.3, 0.4) is 0 Å². The second-order valence-electron chi connectivity index (χ2n) is 2.79. The van der Waals surface area contributed by atoms with Gasteiger partial charge in [0.15, 0.2) is 0 Å². The fraction of sp³-hybridized carbons (Fsp3) is 0.333. The van der Waals surface area contributed by atoms with Crippen molar-refractivity contribution in [2.24, 2.45) is 0 Å². The highest BCUT2D eigenvalue weighted by atomic mass is 16.5. The molecule has 0 fully saturated rings. The number of aromatic nitrogens is 3. The van der Waals surface area contributed by atoms with Crippen molar-refractivity contribution in [1.82, 2.24) is 15.0 Å². The number of rotatable bonds is 3. The van der Waals surface area contributed by atoms with Crippen molar-refractivity contribution >= 4 is 11.0 Å². The van der Waals surface area contributed by atoms with E-state index in [0.29, 0.717) is 6.61 Å². The van der Waals surface area contributed by atoms with Crippen molar-refractivity contribution in [3.05, 3.63) is 24.3 Å². The molecule has 2 aromatic rings. The summed E-state index contributed by atoms with van der Waals surface area (Å²) in [6.45, 7) is 1.41. The number of fused-ring (bicyclic) bond motifs is 1. The molecule has 13 heavy (non-hydrogen) atoms. The average molecular weight is 177 g/mol. The molecule has 0 spiro atoms. The van der Waals surface area contributed by atoms with Crippen LogP contribution in [-0.4, -0.2) is 28.7 Å².